The number of hydrogen-bond donors (Lipinski definition) is 4. The van der Waals surface area contributed by atoms with Crippen molar-refractivity contribution in [2.24, 2.45) is 11.8 Å². The summed E-state index contributed by atoms with van der Waals surface area (Å²) in [6.45, 7) is 2.91. The maximum absolute atomic E-state index is 13.4. The first-order valence-electron chi connectivity index (χ1n) is 12.3. The summed E-state index contributed by atoms with van der Waals surface area (Å²) in [4.78, 5) is 28.2. The van der Waals surface area contributed by atoms with Gasteiger partial charge in [-0.3, -0.25) is 9.59 Å². The van der Waals surface area contributed by atoms with E-state index in [1.807, 2.05) is 17.0 Å². The van der Waals surface area contributed by atoms with Crippen LogP contribution in [-0.4, -0.2) is 66.5 Å². The van der Waals surface area contributed by atoms with E-state index in [2.05, 4.69) is 23.3 Å². The Kier molecular flexibility index (Phi) is 10.7. The number of phenols is 1. The minimum atomic E-state index is -0.306. The summed E-state index contributed by atoms with van der Waals surface area (Å²) in [7, 11) is 0. The number of nitrogens with zero attached hydrogens (tertiary/aromatic N) is 1. The van der Waals surface area contributed by atoms with Crippen molar-refractivity contribution in [1.29, 1.82) is 0 Å². The Bertz CT molecular complexity index is 734. The molecule has 1 aromatic carbocycles. The maximum atomic E-state index is 13.4. The highest BCUT2D eigenvalue weighted by atomic mass is 32.1. The molecule has 33 heavy (non-hydrogen) atoms. The maximum Gasteiger partial charge on any atom is 0.223 e. The normalized spacial score (nSPS) is 19.0. The van der Waals surface area contributed by atoms with E-state index < -0.39 is 0 Å². The second-order valence-electron chi connectivity index (χ2n) is 9.28. The Hall–Kier alpha value is -1.93. The molecule has 7 nitrogen and oxygen atoms in total. The Labute approximate surface area is 203 Å². The fraction of sp³-hybridized carbons (Fsp3) is 0.680. The fourth-order valence-corrected chi connectivity index (χ4v) is 5.09. The van der Waals surface area contributed by atoms with Crippen LogP contribution in [-0.2, 0) is 14.3 Å². The van der Waals surface area contributed by atoms with Gasteiger partial charge in [0.2, 0.25) is 11.8 Å². The van der Waals surface area contributed by atoms with Crippen LogP contribution in [0.4, 0.5) is 5.69 Å². The van der Waals surface area contributed by atoms with Crippen molar-refractivity contribution in [1.82, 2.24) is 10.2 Å². The van der Waals surface area contributed by atoms with Crippen LogP contribution in [0.25, 0.3) is 0 Å². The molecule has 0 aromatic heterocycles. The molecule has 1 saturated heterocycles. The van der Waals surface area contributed by atoms with E-state index >= 15 is 0 Å². The molecular formula is C25H39N3O4S. The number of amides is 2. The molecule has 2 atom stereocenters. The first kappa shape index (κ1) is 25.7. The van der Waals surface area contributed by atoms with E-state index in [9.17, 15) is 14.7 Å². The van der Waals surface area contributed by atoms with Gasteiger partial charge in [-0.05, 0) is 48.8 Å². The molecule has 3 N–H and O–H groups in total. The van der Waals surface area contributed by atoms with Crippen LogP contribution in [0.15, 0.2) is 24.3 Å². The summed E-state index contributed by atoms with van der Waals surface area (Å²) < 4.78 is 5.37. The van der Waals surface area contributed by atoms with Crippen LogP contribution in [0.1, 0.15) is 51.4 Å². The number of hydrogen-bond acceptors (Lipinski definition) is 6. The summed E-state index contributed by atoms with van der Waals surface area (Å²) in [5.41, 5.74) is 0.882. The van der Waals surface area contributed by atoms with Crippen molar-refractivity contribution >= 4 is 30.1 Å². The number of ether oxygens (including phenoxy) is 1. The van der Waals surface area contributed by atoms with Gasteiger partial charge in [0.15, 0.2) is 0 Å². The zero-order chi connectivity index (χ0) is 23.5. The van der Waals surface area contributed by atoms with E-state index in [1.54, 1.807) is 12.1 Å². The Morgan fingerprint density at radius 1 is 1.12 bits per heavy atom. The first-order chi connectivity index (χ1) is 16.0. The Morgan fingerprint density at radius 3 is 2.48 bits per heavy atom. The van der Waals surface area contributed by atoms with E-state index in [4.69, 9.17) is 4.74 Å². The quantitative estimate of drug-likeness (QED) is 0.290. The van der Waals surface area contributed by atoms with Crippen molar-refractivity contribution in [3.63, 3.8) is 0 Å². The van der Waals surface area contributed by atoms with Gasteiger partial charge in [0.25, 0.3) is 0 Å². The lowest BCUT2D eigenvalue weighted by Crippen LogP contribution is -2.46. The van der Waals surface area contributed by atoms with Crippen LogP contribution in [0, 0.1) is 11.8 Å². The highest BCUT2D eigenvalue weighted by Crippen LogP contribution is 2.30. The summed E-state index contributed by atoms with van der Waals surface area (Å²) in [6.07, 6.45) is 7.78. The molecule has 1 aromatic rings. The minimum Gasteiger partial charge on any atom is -0.508 e. The zero-order valence-electron chi connectivity index (χ0n) is 19.5. The monoisotopic (exact) mass is 477 g/mol. The lowest BCUT2D eigenvalue weighted by molar-refractivity contribution is -0.140. The van der Waals surface area contributed by atoms with Crippen molar-refractivity contribution in [2.45, 2.75) is 57.4 Å². The van der Waals surface area contributed by atoms with Gasteiger partial charge in [0.1, 0.15) is 5.75 Å². The SMILES string of the molecule is O=C(N[C@@H](CCS)CNc1ccc(O)cc1)[C@@H](CC(=O)N1CCOCC1)CC1CCCCC1. The molecular weight excluding hydrogens is 438 g/mol. The Balaban J connectivity index is 1.60. The molecule has 0 bridgehead atoms. The van der Waals surface area contributed by atoms with E-state index in [1.165, 1.54) is 19.3 Å². The standard InChI is InChI=1S/C25H39N3O4S/c29-23-8-6-21(7-9-23)26-18-22(10-15-33)27-25(31)20(16-19-4-2-1-3-5-19)17-24(30)28-11-13-32-14-12-28/h6-9,19-20,22,26,29,33H,1-5,10-18H2,(H,27,31)/t20-,22+/m1/s1. The molecule has 3 rings (SSSR count). The summed E-state index contributed by atoms with van der Waals surface area (Å²) in [6, 6.07) is 6.79. The number of carbonyl (C=O) groups excluding carboxylic acids is 2. The summed E-state index contributed by atoms with van der Waals surface area (Å²) in [5.74, 6) is 1.12. The molecule has 1 saturated carbocycles. The highest BCUT2D eigenvalue weighted by Gasteiger charge is 2.30. The molecule has 2 amide bonds. The molecule has 1 aliphatic heterocycles. The van der Waals surface area contributed by atoms with Crippen LogP contribution >= 0.6 is 12.6 Å². The second-order valence-corrected chi connectivity index (χ2v) is 9.73. The molecule has 8 heteroatoms. The average Bonchev–Trinajstić information content (AvgIpc) is 2.84. The zero-order valence-corrected chi connectivity index (χ0v) is 20.4. The second kappa shape index (κ2) is 13.7. The summed E-state index contributed by atoms with van der Waals surface area (Å²) in [5, 5.41) is 16.0. The highest BCUT2D eigenvalue weighted by molar-refractivity contribution is 7.80. The lowest BCUT2D eigenvalue weighted by Gasteiger charge is -2.31. The van der Waals surface area contributed by atoms with Crippen LogP contribution < -0.4 is 10.6 Å². The number of benzene rings is 1. The number of morpholine rings is 1. The van der Waals surface area contributed by atoms with Crippen molar-refractivity contribution < 1.29 is 19.4 Å². The molecule has 2 fully saturated rings. The van der Waals surface area contributed by atoms with Gasteiger partial charge in [-0.25, -0.2) is 0 Å². The summed E-state index contributed by atoms with van der Waals surface area (Å²) >= 11 is 4.37. The number of phenolic OH excluding ortho intramolecular Hbond substituents is 1. The molecule has 1 aliphatic carbocycles. The largest absolute Gasteiger partial charge is 0.508 e. The number of aromatic hydroxyl groups is 1. The van der Waals surface area contributed by atoms with Gasteiger partial charge in [0, 0.05) is 43.7 Å². The van der Waals surface area contributed by atoms with Gasteiger partial charge in [0.05, 0.1) is 13.2 Å². The van der Waals surface area contributed by atoms with Gasteiger partial charge in [-0.15, -0.1) is 0 Å². The third-order valence-electron chi connectivity index (χ3n) is 6.74. The van der Waals surface area contributed by atoms with E-state index in [0.29, 0.717) is 44.5 Å². The smallest absolute Gasteiger partial charge is 0.223 e. The van der Waals surface area contributed by atoms with Crippen LogP contribution in [0.2, 0.25) is 0 Å². The molecule has 0 radical (unpaired) electrons. The number of carbonyl (C=O) groups is 2. The topological polar surface area (TPSA) is 90.9 Å². The third-order valence-corrected chi connectivity index (χ3v) is 7.00. The number of nitrogens with one attached hydrogen (secondary N) is 2. The van der Waals surface area contributed by atoms with Crippen molar-refractivity contribution in [3.05, 3.63) is 24.3 Å². The number of thiol groups is 1. The van der Waals surface area contributed by atoms with Gasteiger partial charge >= 0.3 is 0 Å². The van der Waals surface area contributed by atoms with Crippen LogP contribution in [0.5, 0.6) is 5.75 Å². The van der Waals surface area contributed by atoms with Gasteiger partial charge in [-0.2, -0.15) is 12.6 Å². The third kappa shape index (κ3) is 8.74. The first-order valence-corrected chi connectivity index (χ1v) is 13.0. The molecule has 0 spiro atoms. The molecule has 184 valence electrons. The van der Waals surface area contributed by atoms with Crippen molar-refractivity contribution in [3.8, 4) is 5.75 Å². The van der Waals surface area contributed by atoms with Gasteiger partial charge in [-0.1, -0.05) is 32.1 Å². The van der Waals surface area contributed by atoms with Gasteiger partial charge < -0.3 is 25.4 Å². The predicted molar refractivity (Wildman–Crippen MR) is 134 cm³/mol. The lowest BCUT2D eigenvalue weighted by atomic mass is 9.81. The predicted octanol–water partition coefficient (Wildman–Crippen LogP) is 3.44. The fourth-order valence-electron chi connectivity index (χ4n) is 4.78. The Morgan fingerprint density at radius 2 is 1.82 bits per heavy atom. The average molecular weight is 478 g/mol. The molecule has 1 heterocycles. The van der Waals surface area contributed by atoms with Crippen molar-refractivity contribution in [2.75, 3.05) is 43.9 Å². The van der Waals surface area contributed by atoms with Crippen LogP contribution in [0.3, 0.4) is 0 Å². The van der Waals surface area contributed by atoms with E-state index in [-0.39, 0.29) is 35.9 Å². The molecule has 0 unspecified atom stereocenters. The number of rotatable bonds is 11. The molecule has 2 aliphatic rings. The minimum absolute atomic E-state index is 0.0264. The number of anilines is 1. The van der Waals surface area contributed by atoms with E-state index in [0.717, 1.165) is 31.4 Å².